The molecule has 2 atom stereocenters. The first-order valence-corrected chi connectivity index (χ1v) is 13.8. The molecule has 1 amide bonds. The lowest BCUT2D eigenvalue weighted by molar-refractivity contribution is -0.0747. The van der Waals surface area contributed by atoms with Crippen LogP contribution in [0.3, 0.4) is 0 Å². The molecular formula is C33H30N2O4. The van der Waals surface area contributed by atoms with Gasteiger partial charge in [-0.05, 0) is 59.6 Å². The van der Waals surface area contributed by atoms with Crippen molar-refractivity contribution in [3.05, 3.63) is 95.1 Å². The molecule has 2 unspecified atom stereocenters. The average molecular weight is 519 g/mol. The van der Waals surface area contributed by atoms with Crippen LogP contribution >= 0.6 is 0 Å². The first-order valence-electron chi connectivity index (χ1n) is 13.8. The predicted octanol–water partition coefficient (Wildman–Crippen LogP) is 5.85. The molecule has 6 nitrogen and oxygen atoms in total. The van der Waals surface area contributed by atoms with E-state index in [4.69, 9.17) is 9.47 Å². The topological polar surface area (TPSA) is 79.6 Å². The van der Waals surface area contributed by atoms with Crippen molar-refractivity contribution in [2.24, 2.45) is 5.92 Å². The molecule has 4 aliphatic rings. The Morgan fingerprint density at radius 3 is 2.18 bits per heavy atom. The van der Waals surface area contributed by atoms with Gasteiger partial charge < -0.3 is 9.47 Å². The third kappa shape index (κ3) is 4.04. The van der Waals surface area contributed by atoms with E-state index >= 15 is 0 Å². The number of hydrogen-bond donors (Lipinski definition) is 0. The maximum Gasteiger partial charge on any atom is 0.410 e. The molecule has 196 valence electrons. The van der Waals surface area contributed by atoms with Gasteiger partial charge in [-0.15, -0.1) is 0 Å². The standard InChI is InChI=1S/C33H30N2O4/c34-20-33(12-13-33)23-7-5-6-21(14-23)31(36)22-15-24-17-38-18-25(16-22)35(24)32(37)39-19-30-28-10-3-1-8-26(28)27-9-2-4-11-29(27)30/h1-11,14,22,24-25,30H,12-13,15-19H2. The summed E-state index contributed by atoms with van der Waals surface area (Å²) in [6.45, 7) is 1.09. The minimum atomic E-state index is -0.423. The molecular weight excluding hydrogens is 488 g/mol. The predicted molar refractivity (Wildman–Crippen MR) is 145 cm³/mol. The van der Waals surface area contributed by atoms with Crippen LogP contribution in [0.15, 0.2) is 72.8 Å². The number of hydrogen-bond acceptors (Lipinski definition) is 5. The van der Waals surface area contributed by atoms with Crippen LogP contribution in [0.2, 0.25) is 0 Å². The van der Waals surface area contributed by atoms with Crippen molar-refractivity contribution in [2.45, 2.75) is 49.1 Å². The molecule has 39 heavy (non-hydrogen) atoms. The van der Waals surface area contributed by atoms with Crippen LogP contribution in [0.5, 0.6) is 0 Å². The van der Waals surface area contributed by atoms with Crippen LogP contribution in [0.4, 0.5) is 4.79 Å². The number of fused-ring (bicyclic) bond motifs is 5. The van der Waals surface area contributed by atoms with Crippen molar-refractivity contribution in [1.82, 2.24) is 4.90 Å². The number of piperidine rings is 1. The first kappa shape index (κ1) is 24.1. The number of benzene rings is 3. The Labute approximate surface area is 228 Å². The van der Waals surface area contributed by atoms with Gasteiger partial charge in [-0.2, -0.15) is 5.26 Å². The van der Waals surface area contributed by atoms with Crippen molar-refractivity contribution >= 4 is 11.9 Å². The summed E-state index contributed by atoms with van der Waals surface area (Å²) in [6.07, 6.45) is 2.47. The highest BCUT2D eigenvalue weighted by Gasteiger charge is 2.47. The van der Waals surface area contributed by atoms with E-state index in [1.807, 2.05) is 53.4 Å². The number of carbonyl (C=O) groups excluding carboxylic acids is 2. The fourth-order valence-electron chi connectivity index (χ4n) is 6.89. The zero-order valence-corrected chi connectivity index (χ0v) is 21.7. The number of ketones is 1. The van der Waals surface area contributed by atoms with Gasteiger partial charge in [0.25, 0.3) is 0 Å². The van der Waals surface area contributed by atoms with Crippen molar-refractivity contribution in [3.8, 4) is 17.2 Å². The van der Waals surface area contributed by atoms with Gasteiger partial charge in [0.05, 0.1) is 36.8 Å². The molecule has 3 aromatic rings. The Morgan fingerprint density at radius 1 is 0.923 bits per heavy atom. The number of nitrogens with zero attached hydrogens (tertiary/aromatic N) is 2. The van der Waals surface area contributed by atoms with Gasteiger partial charge >= 0.3 is 6.09 Å². The lowest BCUT2D eigenvalue weighted by Gasteiger charge is -2.47. The van der Waals surface area contributed by atoms with E-state index in [0.717, 1.165) is 18.4 Å². The molecule has 3 fully saturated rings. The molecule has 1 saturated carbocycles. The SMILES string of the molecule is N#CC1(c2cccc(C(=O)C3CC4COCC(C3)N4C(=O)OCC3c4ccccc4-c4ccccc43)c2)CC1. The van der Waals surface area contributed by atoms with Gasteiger partial charge in [-0.25, -0.2) is 4.79 Å². The van der Waals surface area contributed by atoms with E-state index in [1.54, 1.807) is 0 Å². The molecule has 0 radical (unpaired) electrons. The van der Waals surface area contributed by atoms with Gasteiger partial charge in [-0.3, -0.25) is 9.69 Å². The van der Waals surface area contributed by atoms with E-state index in [1.165, 1.54) is 22.3 Å². The zero-order chi connectivity index (χ0) is 26.6. The Bertz CT molecular complexity index is 1440. The van der Waals surface area contributed by atoms with Crippen LogP contribution in [0.1, 0.15) is 58.6 Å². The van der Waals surface area contributed by atoms with Crippen molar-refractivity contribution in [1.29, 1.82) is 5.26 Å². The monoisotopic (exact) mass is 518 g/mol. The van der Waals surface area contributed by atoms with Crippen LogP contribution in [0.25, 0.3) is 11.1 Å². The van der Waals surface area contributed by atoms with Gasteiger partial charge in [0.2, 0.25) is 0 Å². The van der Waals surface area contributed by atoms with Crippen molar-refractivity contribution < 1.29 is 19.1 Å². The van der Waals surface area contributed by atoms with E-state index in [2.05, 4.69) is 30.3 Å². The van der Waals surface area contributed by atoms with E-state index in [-0.39, 0.29) is 42.4 Å². The molecule has 2 aliphatic carbocycles. The highest BCUT2D eigenvalue weighted by atomic mass is 16.6. The summed E-state index contributed by atoms with van der Waals surface area (Å²) in [6, 6.07) is 26.3. The van der Waals surface area contributed by atoms with Crippen LogP contribution in [-0.4, -0.2) is 48.7 Å². The fourth-order valence-corrected chi connectivity index (χ4v) is 6.89. The largest absolute Gasteiger partial charge is 0.448 e. The summed E-state index contributed by atoms with van der Waals surface area (Å²) in [5.74, 6) is -0.0873. The highest BCUT2D eigenvalue weighted by molar-refractivity contribution is 5.98. The number of Topliss-reactive ketones (excluding diaryl/α,β-unsaturated/α-hetero) is 1. The minimum absolute atomic E-state index is 0.00649. The molecule has 7 rings (SSSR count). The highest BCUT2D eigenvalue weighted by Crippen LogP contribution is 2.48. The zero-order valence-electron chi connectivity index (χ0n) is 21.7. The second-order valence-corrected chi connectivity index (χ2v) is 11.4. The number of rotatable bonds is 5. The van der Waals surface area contributed by atoms with E-state index < -0.39 is 5.41 Å². The van der Waals surface area contributed by atoms with Gasteiger partial charge in [0.1, 0.15) is 6.61 Å². The number of morpholine rings is 1. The van der Waals surface area contributed by atoms with E-state index in [0.29, 0.717) is 31.6 Å². The third-order valence-electron chi connectivity index (χ3n) is 9.10. The van der Waals surface area contributed by atoms with E-state index in [9.17, 15) is 14.9 Å². The van der Waals surface area contributed by atoms with Crippen LogP contribution < -0.4 is 0 Å². The Hall–Kier alpha value is -3.95. The second kappa shape index (κ2) is 9.36. The first-order chi connectivity index (χ1) is 19.1. The number of ether oxygens (including phenoxy) is 2. The second-order valence-electron chi connectivity index (χ2n) is 11.4. The van der Waals surface area contributed by atoms with Gasteiger partial charge in [0.15, 0.2) is 5.78 Å². The smallest absolute Gasteiger partial charge is 0.410 e. The van der Waals surface area contributed by atoms with Gasteiger partial charge in [-0.1, -0.05) is 66.7 Å². The summed E-state index contributed by atoms with van der Waals surface area (Å²) in [4.78, 5) is 28.9. The summed E-state index contributed by atoms with van der Waals surface area (Å²) in [7, 11) is 0. The van der Waals surface area contributed by atoms with Gasteiger partial charge in [0, 0.05) is 17.4 Å². The molecule has 0 aromatic heterocycles. The fraction of sp³-hybridized carbons (Fsp3) is 0.364. The number of amides is 1. The maximum absolute atomic E-state index is 13.6. The molecule has 0 N–H and O–H groups in total. The summed E-state index contributed by atoms with van der Waals surface area (Å²) >= 11 is 0. The van der Waals surface area contributed by atoms with Crippen molar-refractivity contribution in [2.75, 3.05) is 19.8 Å². The molecule has 2 aliphatic heterocycles. The van der Waals surface area contributed by atoms with Crippen LogP contribution in [-0.2, 0) is 14.9 Å². The van der Waals surface area contributed by atoms with Crippen molar-refractivity contribution in [3.63, 3.8) is 0 Å². The van der Waals surface area contributed by atoms with Crippen LogP contribution in [0, 0.1) is 17.2 Å². The Morgan fingerprint density at radius 2 is 1.56 bits per heavy atom. The number of nitriles is 1. The average Bonchev–Trinajstić information content (AvgIpc) is 3.72. The summed E-state index contributed by atoms with van der Waals surface area (Å²) < 4.78 is 11.8. The Balaban J connectivity index is 1.05. The summed E-state index contributed by atoms with van der Waals surface area (Å²) in [5.41, 5.74) is 5.95. The lowest BCUT2D eigenvalue weighted by atomic mass is 9.80. The molecule has 3 aromatic carbocycles. The molecule has 6 heteroatoms. The molecule has 2 heterocycles. The molecule has 2 bridgehead atoms. The molecule has 2 saturated heterocycles. The lowest BCUT2D eigenvalue weighted by Crippen LogP contribution is -2.60. The quantitative estimate of drug-likeness (QED) is 0.396. The summed E-state index contributed by atoms with van der Waals surface area (Å²) in [5, 5.41) is 9.59. The Kier molecular flexibility index (Phi) is 5.79. The molecule has 0 spiro atoms. The number of carbonyl (C=O) groups is 2. The third-order valence-corrected chi connectivity index (χ3v) is 9.10. The maximum atomic E-state index is 13.6. The minimum Gasteiger partial charge on any atom is -0.448 e. The normalized spacial score (nSPS) is 24.3.